The minimum atomic E-state index is 0.910. The van der Waals surface area contributed by atoms with Crippen LogP contribution in [0.15, 0.2) is 95.4 Å². The minimum Gasteiger partial charge on any atom is -0.456 e. The van der Waals surface area contributed by atoms with Gasteiger partial charge < -0.3 is 4.42 Å². The number of hydrogen-bond acceptors (Lipinski definition) is 3. The van der Waals surface area contributed by atoms with Crippen LogP contribution in [0, 0.1) is 0 Å². The normalized spacial score (nSPS) is 12.0. The number of para-hydroxylation sites is 2. The Balaban J connectivity index is 1.63. The van der Waals surface area contributed by atoms with Gasteiger partial charge in [-0.2, -0.15) is 0 Å². The third-order valence-electron chi connectivity index (χ3n) is 5.87. The van der Waals surface area contributed by atoms with E-state index in [0.717, 1.165) is 38.7 Å². The predicted octanol–water partition coefficient (Wildman–Crippen LogP) is 8.17. The lowest BCUT2D eigenvalue weighted by atomic mass is 10.0. The number of hydrogen-bond donors (Lipinski definition) is 0. The maximum atomic E-state index is 6.03. The summed E-state index contributed by atoms with van der Waals surface area (Å²) >= 11 is 1.82. The maximum absolute atomic E-state index is 6.03. The fourth-order valence-electron chi connectivity index (χ4n) is 4.50. The molecule has 0 aliphatic carbocycles. The van der Waals surface area contributed by atoms with E-state index in [1.807, 2.05) is 23.5 Å². The topological polar surface area (TPSA) is 26.0 Å². The van der Waals surface area contributed by atoms with Crippen molar-refractivity contribution in [1.82, 2.24) is 4.98 Å². The molecule has 3 aromatic heterocycles. The van der Waals surface area contributed by atoms with Gasteiger partial charge in [0, 0.05) is 37.2 Å². The third-order valence-corrected chi connectivity index (χ3v) is 7.04. The predicted molar refractivity (Wildman–Crippen MR) is 127 cm³/mol. The van der Waals surface area contributed by atoms with Crippen LogP contribution in [0.2, 0.25) is 0 Å². The minimum absolute atomic E-state index is 0.910. The summed E-state index contributed by atoms with van der Waals surface area (Å²) in [5.74, 6) is 0. The SMILES string of the molecule is c1ccc2c(c1)nc(-c1ccc3oc4ccccc4c3c1)c1sc3ccccc3c12. The van der Waals surface area contributed by atoms with Crippen LogP contribution in [0.5, 0.6) is 0 Å². The number of fused-ring (bicyclic) bond motifs is 8. The highest BCUT2D eigenvalue weighted by atomic mass is 32.1. The molecule has 0 aliphatic rings. The summed E-state index contributed by atoms with van der Waals surface area (Å²) in [5, 5.41) is 6.08. The summed E-state index contributed by atoms with van der Waals surface area (Å²) in [5.41, 5.74) is 5.02. The second-order valence-electron chi connectivity index (χ2n) is 7.59. The van der Waals surface area contributed by atoms with Crippen LogP contribution < -0.4 is 0 Å². The third kappa shape index (κ3) is 2.15. The highest BCUT2D eigenvalue weighted by Gasteiger charge is 2.17. The van der Waals surface area contributed by atoms with E-state index in [2.05, 4.69) is 78.9 Å². The van der Waals surface area contributed by atoms with E-state index in [4.69, 9.17) is 9.40 Å². The molecule has 0 saturated heterocycles. The molecule has 0 amide bonds. The van der Waals surface area contributed by atoms with Crippen molar-refractivity contribution in [2.75, 3.05) is 0 Å². The van der Waals surface area contributed by atoms with Crippen LogP contribution >= 0.6 is 11.3 Å². The molecule has 3 heteroatoms. The summed E-state index contributed by atoms with van der Waals surface area (Å²) in [4.78, 5) is 5.12. The van der Waals surface area contributed by atoms with Gasteiger partial charge in [-0.15, -0.1) is 11.3 Å². The zero-order valence-corrected chi connectivity index (χ0v) is 16.7. The number of aromatic nitrogens is 1. The highest BCUT2D eigenvalue weighted by Crippen LogP contribution is 2.43. The van der Waals surface area contributed by atoms with Crippen LogP contribution in [0.1, 0.15) is 0 Å². The van der Waals surface area contributed by atoms with Crippen molar-refractivity contribution >= 4 is 64.4 Å². The molecule has 30 heavy (non-hydrogen) atoms. The zero-order chi connectivity index (χ0) is 19.7. The van der Waals surface area contributed by atoms with Gasteiger partial charge in [0.1, 0.15) is 11.2 Å². The number of furan rings is 1. The molecule has 0 N–H and O–H groups in total. The van der Waals surface area contributed by atoms with Crippen LogP contribution in [-0.2, 0) is 0 Å². The fraction of sp³-hybridized carbons (Fsp3) is 0. The largest absolute Gasteiger partial charge is 0.456 e. The van der Waals surface area contributed by atoms with Gasteiger partial charge in [-0.3, -0.25) is 0 Å². The van der Waals surface area contributed by atoms with E-state index in [9.17, 15) is 0 Å². The number of nitrogens with zero attached hydrogens (tertiary/aromatic N) is 1. The molecule has 0 fully saturated rings. The second kappa shape index (κ2) is 5.91. The van der Waals surface area contributed by atoms with E-state index < -0.39 is 0 Å². The van der Waals surface area contributed by atoms with Gasteiger partial charge in [-0.1, -0.05) is 54.6 Å². The Morgan fingerprint density at radius 3 is 2.30 bits per heavy atom. The van der Waals surface area contributed by atoms with Gasteiger partial charge in [-0.25, -0.2) is 4.98 Å². The molecule has 2 nitrogen and oxygen atoms in total. The Kier molecular flexibility index (Phi) is 3.18. The number of thiophene rings is 1. The quantitative estimate of drug-likeness (QED) is 0.277. The lowest BCUT2D eigenvalue weighted by Crippen LogP contribution is -1.87. The summed E-state index contributed by atoms with van der Waals surface area (Å²) in [6.07, 6.45) is 0. The van der Waals surface area contributed by atoms with Crippen molar-refractivity contribution in [3.05, 3.63) is 91.0 Å². The van der Waals surface area contributed by atoms with Crippen LogP contribution in [0.3, 0.4) is 0 Å². The molecular formula is C27H15NOS. The van der Waals surface area contributed by atoms with Gasteiger partial charge in [0.05, 0.1) is 15.9 Å². The van der Waals surface area contributed by atoms with E-state index in [1.165, 1.54) is 25.6 Å². The number of pyridine rings is 1. The van der Waals surface area contributed by atoms with Crippen LogP contribution in [0.25, 0.3) is 64.3 Å². The van der Waals surface area contributed by atoms with Gasteiger partial charge in [0.15, 0.2) is 0 Å². The molecule has 0 atom stereocenters. The van der Waals surface area contributed by atoms with Crippen LogP contribution in [0.4, 0.5) is 0 Å². The van der Waals surface area contributed by atoms with E-state index in [0.29, 0.717) is 0 Å². The smallest absolute Gasteiger partial charge is 0.135 e. The van der Waals surface area contributed by atoms with Crippen molar-refractivity contribution in [1.29, 1.82) is 0 Å². The molecule has 0 aliphatic heterocycles. The first-order valence-electron chi connectivity index (χ1n) is 9.98. The molecule has 0 radical (unpaired) electrons. The molecule has 7 aromatic rings. The molecule has 3 heterocycles. The summed E-state index contributed by atoms with van der Waals surface area (Å²) in [6, 6.07) is 31.7. The monoisotopic (exact) mass is 401 g/mol. The standard InChI is InChI=1S/C27H15NOS/c1-4-10-21-18(8-1)25-19-9-3-6-12-24(19)30-27(25)26(28-21)16-13-14-23-20(15-16)17-7-2-5-11-22(17)29-23/h1-15H. The Morgan fingerprint density at radius 2 is 1.37 bits per heavy atom. The highest BCUT2D eigenvalue weighted by molar-refractivity contribution is 7.26. The van der Waals surface area contributed by atoms with Crippen LogP contribution in [-0.4, -0.2) is 4.98 Å². The van der Waals surface area contributed by atoms with E-state index >= 15 is 0 Å². The fourth-order valence-corrected chi connectivity index (χ4v) is 5.73. The summed E-state index contributed by atoms with van der Waals surface area (Å²) in [7, 11) is 0. The Labute approximate surface area is 176 Å². The van der Waals surface area contributed by atoms with E-state index in [1.54, 1.807) is 0 Å². The molecule has 4 aromatic carbocycles. The number of rotatable bonds is 1. The molecule has 7 rings (SSSR count). The van der Waals surface area contributed by atoms with Gasteiger partial charge in [-0.05, 0) is 36.4 Å². The van der Waals surface area contributed by atoms with Crippen molar-refractivity contribution in [2.45, 2.75) is 0 Å². The lowest BCUT2D eigenvalue weighted by Gasteiger charge is -2.07. The average molecular weight is 401 g/mol. The zero-order valence-electron chi connectivity index (χ0n) is 15.9. The molecule has 0 unspecified atom stereocenters. The van der Waals surface area contributed by atoms with Crippen molar-refractivity contribution in [3.8, 4) is 11.3 Å². The van der Waals surface area contributed by atoms with Gasteiger partial charge in [0.2, 0.25) is 0 Å². The summed E-state index contributed by atoms with van der Waals surface area (Å²) in [6.45, 7) is 0. The molecule has 0 bridgehead atoms. The first-order valence-corrected chi connectivity index (χ1v) is 10.8. The van der Waals surface area contributed by atoms with Crippen molar-refractivity contribution < 1.29 is 4.42 Å². The maximum Gasteiger partial charge on any atom is 0.135 e. The first kappa shape index (κ1) is 16.1. The number of benzene rings is 4. The lowest BCUT2D eigenvalue weighted by molar-refractivity contribution is 0.669. The molecule has 0 spiro atoms. The van der Waals surface area contributed by atoms with Crippen molar-refractivity contribution in [2.24, 2.45) is 0 Å². The molecule has 0 saturated carbocycles. The first-order chi connectivity index (χ1) is 14.9. The van der Waals surface area contributed by atoms with Gasteiger partial charge in [0.25, 0.3) is 0 Å². The average Bonchev–Trinajstić information content (AvgIpc) is 3.37. The Morgan fingerprint density at radius 1 is 0.633 bits per heavy atom. The summed E-state index contributed by atoms with van der Waals surface area (Å²) < 4.78 is 8.56. The Hall–Kier alpha value is -3.69. The Bertz CT molecular complexity index is 1760. The van der Waals surface area contributed by atoms with E-state index in [-0.39, 0.29) is 0 Å². The molecular weight excluding hydrogens is 386 g/mol. The van der Waals surface area contributed by atoms with Gasteiger partial charge >= 0.3 is 0 Å². The second-order valence-corrected chi connectivity index (χ2v) is 8.64. The van der Waals surface area contributed by atoms with Crippen molar-refractivity contribution in [3.63, 3.8) is 0 Å². The molecule has 140 valence electrons.